The summed E-state index contributed by atoms with van der Waals surface area (Å²) in [5, 5.41) is 50.5. The number of ether oxygens (including phenoxy) is 2. The van der Waals surface area contributed by atoms with E-state index in [1.165, 1.54) is 24.3 Å². The molecule has 6 aromatic carbocycles. The van der Waals surface area contributed by atoms with Crippen LogP contribution in [0.1, 0.15) is 110 Å². The highest BCUT2D eigenvalue weighted by Crippen LogP contribution is 2.45. The monoisotopic (exact) mass is 1170 g/mol. The summed E-state index contributed by atoms with van der Waals surface area (Å²) in [6.07, 6.45) is -6.57. The maximum absolute atomic E-state index is 14.4. The summed E-state index contributed by atoms with van der Waals surface area (Å²) < 4.78 is 42.8. The van der Waals surface area contributed by atoms with E-state index >= 15 is 0 Å². The number of para-hydroxylation sites is 2. The van der Waals surface area contributed by atoms with Crippen molar-refractivity contribution in [3.05, 3.63) is 204 Å². The molecule has 0 radical (unpaired) electrons. The van der Waals surface area contributed by atoms with Gasteiger partial charge in [-0.15, -0.1) is 0 Å². The van der Waals surface area contributed by atoms with Crippen LogP contribution in [0.4, 0.5) is 20.2 Å². The number of aromatic nitrogens is 2. The van der Waals surface area contributed by atoms with Crippen molar-refractivity contribution in [3.8, 4) is 44.8 Å². The Balaban J connectivity index is 0.846. The number of esters is 2. The third kappa shape index (κ3) is 16.3. The summed E-state index contributed by atoms with van der Waals surface area (Å²) >= 11 is 0. The second-order valence-corrected chi connectivity index (χ2v) is 21.9. The summed E-state index contributed by atoms with van der Waals surface area (Å²) in [5.74, 6) is -4.73. The number of aliphatic hydroxyl groups excluding tert-OH is 4. The van der Waals surface area contributed by atoms with E-state index in [0.29, 0.717) is 67.5 Å². The van der Waals surface area contributed by atoms with Crippen molar-refractivity contribution in [1.82, 2.24) is 9.13 Å². The number of amides is 2. The highest BCUT2D eigenvalue weighted by atomic mass is 19.1. The lowest BCUT2D eigenvalue weighted by molar-refractivity contribution is -0.155. The number of nitrogens with zero attached hydrogens (tertiary/aromatic N) is 2. The van der Waals surface area contributed by atoms with Gasteiger partial charge in [0.25, 0.3) is 11.8 Å². The summed E-state index contributed by atoms with van der Waals surface area (Å²) in [6, 6.07) is 48.7. The van der Waals surface area contributed by atoms with Gasteiger partial charge in [-0.05, 0) is 133 Å². The van der Waals surface area contributed by atoms with Gasteiger partial charge in [0.15, 0.2) is 13.2 Å². The van der Waals surface area contributed by atoms with Crippen LogP contribution in [0.5, 0.6) is 0 Å². The number of carbonyl (C=O) groups excluding carboxylic acids is 5. The average Bonchev–Trinajstić information content (AvgIpc) is 2.51. The van der Waals surface area contributed by atoms with Crippen molar-refractivity contribution in [3.63, 3.8) is 0 Å². The number of halogens is 2. The van der Waals surface area contributed by atoms with E-state index in [9.17, 15) is 53.2 Å². The lowest BCUT2D eigenvalue weighted by Gasteiger charge is -2.20. The van der Waals surface area contributed by atoms with Crippen LogP contribution in [0.15, 0.2) is 170 Å². The van der Waals surface area contributed by atoms with Crippen molar-refractivity contribution in [2.45, 2.75) is 116 Å². The number of aliphatic hydroxyl groups is 4. The fourth-order valence-corrected chi connectivity index (χ4v) is 10.9. The first-order chi connectivity index (χ1) is 41.4. The zero-order chi connectivity index (χ0) is 61.4. The summed E-state index contributed by atoms with van der Waals surface area (Å²) in [7, 11) is 0. The van der Waals surface area contributed by atoms with E-state index in [-0.39, 0.29) is 62.4 Å². The standard InChI is InChI=1S/C69H72F2N4O11/c1-43(2)64-62(68(83)72-51-21-13-7-14-22-51)60(45-17-9-5-10-18-45)66(47-25-29-49(70)30-26-47)74(64)35-33-53(76)37-55(78)39-58(81)85-41-57(80)42-86-59(82)40-56(79)38-54(77)34-36-75-65(44(3)4)63(69(84)73-52-23-15-8-16-24-52)61(46-19-11-6-12-20-46)67(75)48-27-31-50(71)32-28-48/h5-32,43-44,53-56,76-79H,33-42H2,1-4H3,(H,72,83)(H,73,84)/t53-,54-,55-,56-/m1/s1. The number of anilines is 2. The van der Waals surface area contributed by atoms with Crippen LogP contribution in [0.25, 0.3) is 44.8 Å². The van der Waals surface area contributed by atoms with Crippen LogP contribution in [0, 0.1) is 11.6 Å². The molecule has 0 aliphatic carbocycles. The lowest BCUT2D eigenvalue weighted by Crippen LogP contribution is -2.26. The van der Waals surface area contributed by atoms with Gasteiger partial charge in [-0.2, -0.15) is 0 Å². The third-order valence-electron chi connectivity index (χ3n) is 14.6. The number of carbonyl (C=O) groups is 5. The first-order valence-electron chi connectivity index (χ1n) is 28.8. The Hall–Kier alpha value is -8.87. The minimum atomic E-state index is -1.38. The van der Waals surface area contributed by atoms with Crippen molar-refractivity contribution in [1.29, 1.82) is 0 Å². The second kappa shape index (κ2) is 29.8. The van der Waals surface area contributed by atoms with Crippen molar-refractivity contribution >= 4 is 40.9 Å². The summed E-state index contributed by atoms with van der Waals surface area (Å²) in [5.41, 5.74) is 8.55. The molecule has 448 valence electrons. The van der Waals surface area contributed by atoms with Gasteiger partial charge >= 0.3 is 11.9 Å². The minimum absolute atomic E-state index is 0.0702. The fraction of sp³-hybridized carbons (Fsp3) is 0.290. The average molecular weight is 1170 g/mol. The molecular formula is C69H72F2N4O11. The van der Waals surface area contributed by atoms with Gasteiger partial charge in [-0.25, -0.2) is 8.78 Å². The number of Topliss-reactive ketones (excluding diaryl/α,β-unsaturated/α-hetero) is 1. The number of benzene rings is 6. The zero-order valence-electron chi connectivity index (χ0n) is 48.5. The molecule has 0 bridgehead atoms. The molecule has 86 heavy (non-hydrogen) atoms. The molecule has 8 aromatic rings. The number of hydrogen-bond acceptors (Lipinski definition) is 11. The Morgan fingerprint density at radius 1 is 0.442 bits per heavy atom. The van der Waals surface area contributed by atoms with Gasteiger partial charge in [0.05, 0.1) is 59.8 Å². The molecule has 0 fully saturated rings. The molecule has 2 heterocycles. The van der Waals surface area contributed by atoms with Crippen LogP contribution in [-0.2, 0) is 36.9 Å². The smallest absolute Gasteiger partial charge is 0.308 e. The van der Waals surface area contributed by atoms with E-state index in [0.717, 1.165) is 11.1 Å². The van der Waals surface area contributed by atoms with E-state index in [1.54, 1.807) is 48.5 Å². The van der Waals surface area contributed by atoms with E-state index in [2.05, 4.69) is 10.6 Å². The molecule has 0 aliphatic heterocycles. The second-order valence-electron chi connectivity index (χ2n) is 21.9. The quantitative estimate of drug-likeness (QED) is 0.0253. The first kappa shape index (κ1) is 63.2. The van der Waals surface area contributed by atoms with Gasteiger partial charge in [-0.3, -0.25) is 24.0 Å². The van der Waals surface area contributed by atoms with Gasteiger partial charge < -0.3 is 49.7 Å². The molecule has 8 rings (SSSR count). The van der Waals surface area contributed by atoms with E-state index in [4.69, 9.17) is 9.47 Å². The number of ketones is 1. The first-order valence-corrected chi connectivity index (χ1v) is 28.8. The van der Waals surface area contributed by atoms with Gasteiger partial charge in [-0.1, -0.05) is 125 Å². The summed E-state index contributed by atoms with van der Waals surface area (Å²) in [6.45, 7) is 6.54. The molecule has 0 aliphatic rings. The van der Waals surface area contributed by atoms with Crippen molar-refractivity contribution in [2.24, 2.45) is 0 Å². The Morgan fingerprint density at radius 2 is 0.767 bits per heavy atom. The molecular weight excluding hydrogens is 1100 g/mol. The lowest BCUT2D eigenvalue weighted by atomic mass is 9.94. The molecule has 17 heteroatoms. The van der Waals surface area contributed by atoms with Gasteiger partial charge in [0, 0.05) is 47.0 Å². The van der Waals surface area contributed by atoms with Crippen LogP contribution in [0.3, 0.4) is 0 Å². The maximum atomic E-state index is 14.4. The molecule has 0 unspecified atom stereocenters. The third-order valence-corrected chi connectivity index (χ3v) is 14.6. The molecule has 4 atom stereocenters. The van der Waals surface area contributed by atoms with Crippen LogP contribution >= 0.6 is 0 Å². The molecule has 6 N–H and O–H groups in total. The molecule has 2 aromatic heterocycles. The predicted molar refractivity (Wildman–Crippen MR) is 326 cm³/mol. The van der Waals surface area contributed by atoms with Crippen molar-refractivity contribution < 1.29 is 62.7 Å². The fourth-order valence-electron chi connectivity index (χ4n) is 10.9. The highest BCUT2D eigenvalue weighted by Gasteiger charge is 2.33. The van der Waals surface area contributed by atoms with Crippen LogP contribution in [0.2, 0.25) is 0 Å². The van der Waals surface area contributed by atoms with E-state index < -0.39 is 79.8 Å². The van der Waals surface area contributed by atoms with Gasteiger partial charge in [0.1, 0.15) is 11.6 Å². The Labute approximate surface area is 498 Å². The molecule has 15 nitrogen and oxygen atoms in total. The SMILES string of the molecule is CC(C)c1c(C(=O)Nc2ccccc2)c(-c2ccccc2)c(-c2ccc(F)cc2)n1CC[C@@H](O)C[C@@H](O)CC(=O)OCC(=O)COC(=O)C[C@H](O)C[C@H](O)CCn1c(-c2ccc(F)cc2)c(-c2ccccc2)c(C(=O)Nc2ccccc2)c1C(C)C. The number of nitrogens with one attached hydrogen (secondary N) is 2. The van der Waals surface area contributed by atoms with Crippen molar-refractivity contribution in [2.75, 3.05) is 23.8 Å². The van der Waals surface area contributed by atoms with E-state index in [1.807, 2.05) is 134 Å². The molecule has 0 saturated heterocycles. The topological polar surface area (TPSA) is 219 Å². The molecule has 2 amide bonds. The zero-order valence-corrected chi connectivity index (χ0v) is 48.5. The largest absolute Gasteiger partial charge is 0.457 e. The van der Waals surface area contributed by atoms with Crippen LogP contribution < -0.4 is 10.6 Å². The highest BCUT2D eigenvalue weighted by molar-refractivity contribution is 6.13. The normalized spacial score (nSPS) is 12.8. The Bertz CT molecular complexity index is 3340. The Morgan fingerprint density at radius 3 is 1.09 bits per heavy atom. The molecule has 0 saturated carbocycles. The number of hydrogen-bond donors (Lipinski definition) is 6. The maximum Gasteiger partial charge on any atom is 0.308 e. The molecule has 0 spiro atoms. The summed E-state index contributed by atoms with van der Waals surface area (Å²) in [4.78, 5) is 67.2. The van der Waals surface area contributed by atoms with Gasteiger partial charge in [0.2, 0.25) is 5.78 Å². The Kier molecular flexibility index (Phi) is 21.9. The van der Waals surface area contributed by atoms with Crippen LogP contribution in [-0.4, -0.2) is 96.7 Å². The number of rotatable bonds is 28. The minimum Gasteiger partial charge on any atom is -0.457 e. The predicted octanol–water partition coefficient (Wildman–Crippen LogP) is 12.1.